The molecule has 0 aromatic rings. The zero-order valence-electron chi connectivity index (χ0n) is 13.3. The van der Waals surface area contributed by atoms with Gasteiger partial charge in [-0.3, -0.25) is 4.52 Å². The molecule has 10 nitrogen and oxygen atoms in total. The molecule has 0 aliphatic heterocycles. The van der Waals surface area contributed by atoms with Gasteiger partial charge in [0.25, 0.3) is 0 Å². The summed E-state index contributed by atoms with van der Waals surface area (Å²) in [6.07, 6.45) is 0. The molecule has 0 rings (SSSR count). The maximum atomic E-state index is 10.6. The molecular formula is C12H28NO9P. The minimum atomic E-state index is -3.91. The number of aliphatic hydroxyl groups is 1. The summed E-state index contributed by atoms with van der Waals surface area (Å²) < 4.78 is 40.9. The van der Waals surface area contributed by atoms with Crippen molar-refractivity contribution in [1.82, 2.24) is 0 Å². The van der Waals surface area contributed by atoms with Crippen LogP contribution in [-0.2, 0) is 32.8 Å². The van der Waals surface area contributed by atoms with Crippen molar-refractivity contribution in [3.8, 4) is 0 Å². The Morgan fingerprint density at radius 1 is 0.652 bits per heavy atom. The monoisotopic (exact) mass is 361 g/mol. The van der Waals surface area contributed by atoms with E-state index in [1.165, 1.54) is 0 Å². The van der Waals surface area contributed by atoms with Crippen LogP contribution in [0.15, 0.2) is 0 Å². The van der Waals surface area contributed by atoms with E-state index >= 15 is 0 Å². The summed E-state index contributed by atoms with van der Waals surface area (Å²) in [5.74, 6) is 0. The third kappa shape index (κ3) is 21.9. The normalized spacial score (nSPS) is 14.0. The lowest BCUT2D eigenvalue weighted by atomic mass is 10.7. The van der Waals surface area contributed by atoms with Gasteiger partial charge in [-0.15, -0.1) is 0 Å². The van der Waals surface area contributed by atoms with Gasteiger partial charge in [0.15, 0.2) is 0 Å². The first-order valence-corrected chi connectivity index (χ1v) is 8.96. The Hall–Kier alpha value is -0.130. The Labute approximate surface area is 136 Å². The highest BCUT2D eigenvalue weighted by atomic mass is 31.2. The Bertz CT molecular complexity index is 290. The van der Waals surface area contributed by atoms with Gasteiger partial charge in [0.1, 0.15) is 0 Å². The van der Waals surface area contributed by atoms with Crippen LogP contribution in [0.4, 0.5) is 0 Å². The summed E-state index contributed by atoms with van der Waals surface area (Å²) in [4.78, 5) is 8.64. The van der Waals surface area contributed by atoms with Gasteiger partial charge in [0.2, 0.25) is 0 Å². The van der Waals surface area contributed by atoms with Crippen LogP contribution >= 0.6 is 7.75 Å². The van der Waals surface area contributed by atoms with Crippen molar-refractivity contribution in [2.24, 2.45) is 5.50 Å². The summed E-state index contributed by atoms with van der Waals surface area (Å²) in [6.45, 7) is 3.96. The third-order valence-corrected chi connectivity index (χ3v) is 2.78. The van der Waals surface area contributed by atoms with Crippen molar-refractivity contribution < 1.29 is 42.8 Å². The molecular weight excluding hydrogens is 333 g/mol. The second-order valence-electron chi connectivity index (χ2n) is 4.18. The molecule has 23 heavy (non-hydrogen) atoms. The van der Waals surface area contributed by atoms with Crippen LogP contribution in [0, 0.1) is 0 Å². The van der Waals surface area contributed by atoms with Crippen molar-refractivity contribution in [2.75, 3.05) is 79.3 Å². The quantitative estimate of drug-likeness (QED) is 0.209. The van der Waals surface area contributed by atoms with Crippen molar-refractivity contribution in [3.05, 3.63) is 0 Å². The predicted molar refractivity (Wildman–Crippen MR) is 81.1 cm³/mol. The number of hydrogen-bond acceptors (Lipinski definition) is 8. The first kappa shape index (κ1) is 22.9. The number of rotatable bonds is 18. The molecule has 0 aliphatic carbocycles. The molecule has 0 heterocycles. The Morgan fingerprint density at radius 2 is 0.957 bits per heavy atom. The maximum absolute atomic E-state index is 10.6. The fourth-order valence-electron chi connectivity index (χ4n) is 1.27. The highest BCUT2D eigenvalue weighted by molar-refractivity contribution is 7.50. The van der Waals surface area contributed by atoms with Crippen molar-refractivity contribution in [3.63, 3.8) is 0 Å². The summed E-state index contributed by atoms with van der Waals surface area (Å²) in [7, 11) is -3.91. The number of nitrogens with two attached hydrogens (primary N) is 1. The van der Waals surface area contributed by atoms with Gasteiger partial charge in [-0.2, -0.15) is 0 Å². The van der Waals surface area contributed by atoms with E-state index < -0.39 is 7.75 Å². The van der Waals surface area contributed by atoms with E-state index in [2.05, 4.69) is 4.52 Å². The van der Waals surface area contributed by atoms with E-state index in [9.17, 15) is 4.57 Å². The molecule has 11 heteroatoms. The molecule has 0 aliphatic rings. The van der Waals surface area contributed by atoms with Crippen LogP contribution in [0.3, 0.4) is 0 Å². The summed E-state index contributed by atoms with van der Waals surface area (Å²) in [5.41, 5.74) is 4.77. The average Bonchev–Trinajstić information content (AvgIpc) is 2.49. The fourth-order valence-corrected chi connectivity index (χ4v) is 1.61. The lowest BCUT2D eigenvalue weighted by molar-refractivity contribution is -0.0148. The van der Waals surface area contributed by atoms with Gasteiger partial charge in [-0.25, -0.2) is 10.1 Å². The Balaban J connectivity index is 3.01. The first-order chi connectivity index (χ1) is 11.1. The number of hydrogen-bond donors (Lipinski definition) is 3. The van der Waals surface area contributed by atoms with E-state index in [4.69, 9.17) is 39.2 Å². The van der Waals surface area contributed by atoms with Gasteiger partial charge in [-0.1, -0.05) is 0 Å². The lowest BCUT2D eigenvalue weighted by Crippen LogP contribution is -2.14. The van der Waals surface area contributed by atoms with Crippen LogP contribution in [0.2, 0.25) is 0 Å². The maximum Gasteiger partial charge on any atom is 0.400 e. The van der Waals surface area contributed by atoms with Crippen LogP contribution in [0.1, 0.15) is 0 Å². The molecule has 0 spiro atoms. The van der Waals surface area contributed by atoms with Crippen LogP contribution in [-0.4, -0.2) is 89.3 Å². The van der Waals surface area contributed by atoms with Gasteiger partial charge in [0.05, 0.1) is 79.3 Å². The van der Waals surface area contributed by atoms with E-state index in [1.807, 2.05) is 0 Å². The fraction of sp³-hybridized carbons (Fsp3) is 1.00. The van der Waals surface area contributed by atoms with Crippen molar-refractivity contribution >= 4 is 7.75 Å². The van der Waals surface area contributed by atoms with Crippen molar-refractivity contribution in [1.29, 1.82) is 0 Å². The zero-order chi connectivity index (χ0) is 17.2. The molecule has 0 fully saturated rings. The molecule has 0 saturated carbocycles. The van der Waals surface area contributed by atoms with E-state index in [0.717, 1.165) is 0 Å². The third-order valence-electron chi connectivity index (χ3n) is 2.23. The number of aliphatic hydroxyl groups excluding tert-OH is 1. The van der Waals surface area contributed by atoms with E-state index in [0.29, 0.717) is 59.5 Å². The standard InChI is InChI=1S/C12H28NO9P/c13-23(15,16)22-12-11-21-10-9-20-8-7-19-6-5-18-4-3-17-2-1-14/h14H,1-12H2,(H3,13,15,16). The van der Waals surface area contributed by atoms with Gasteiger partial charge in [0, 0.05) is 0 Å². The van der Waals surface area contributed by atoms with Crippen LogP contribution < -0.4 is 5.50 Å². The minimum absolute atomic E-state index is 0.0143. The van der Waals surface area contributed by atoms with Crippen LogP contribution in [0.5, 0.6) is 0 Å². The predicted octanol–water partition coefficient (Wildman–Crippen LogP) is -0.863. The van der Waals surface area contributed by atoms with Gasteiger partial charge < -0.3 is 33.7 Å². The van der Waals surface area contributed by atoms with Crippen LogP contribution in [0.25, 0.3) is 0 Å². The molecule has 0 aromatic carbocycles. The molecule has 1 unspecified atom stereocenters. The molecule has 1 atom stereocenters. The largest absolute Gasteiger partial charge is 0.400 e. The number of ether oxygens (including phenoxy) is 5. The van der Waals surface area contributed by atoms with Gasteiger partial charge in [-0.05, 0) is 0 Å². The minimum Gasteiger partial charge on any atom is -0.394 e. The molecule has 0 saturated heterocycles. The van der Waals surface area contributed by atoms with Crippen molar-refractivity contribution in [2.45, 2.75) is 0 Å². The molecule has 0 radical (unpaired) electrons. The highest BCUT2D eigenvalue weighted by Crippen LogP contribution is 2.30. The Morgan fingerprint density at radius 3 is 1.26 bits per heavy atom. The zero-order valence-corrected chi connectivity index (χ0v) is 14.2. The molecule has 4 N–H and O–H groups in total. The summed E-state index contributed by atoms with van der Waals surface area (Å²) in [5, 5.41) is 8.48. The molecule has 0 aromatic heterocycles. The average molecular weight is 361 g/mol. The summed E-state index contributed by atoms with van der Waals surface area (Å²) in [6, 6.07) is 0. The Kier molecular flexibility index (Phi) is 16.6. The SMILES string of the molecule is NP(=O)(O)OCCOCCOCCOCCOCCOCCO. The highest BCUT2D eigenvalue weighted by Gasteiger charge is 2.09. The van der Waals surface area contributed by atoms with E-state index in [-0.39, 0.29) is 19.8 Å². The first-order valence-electron chi connectivity index (χ1n) is 7.32. The smallest absolute Gasteiger partial charge is 0.394 e. The molecule has 0 bridgehead atoms. The second kappa shape index (κ2) is 16.7. The summed E-state index contributed by atoms with van der Waals surface area (Å²) >= 11 is 0. The molecule has 0 amide bonds. The van der Waals surface area contributed by atoms with Gasteiger partial charge >= 0.3 is 7.75 Å². The second-order valence-corrected chi connectivity index (χ2v) is 5.57. The molecule has 140 valence electrons. The lowest BCUT2D eigenvalue weighted by Gasteiger charge is -2.08. The topological polar surface area (TPSA) is 139 Å². The van der Waals surface area contributed by atoms with E-state index in [1.54, 1.807) is 0 Å².